The summed E-state index contributed by atoms with van der Waals surface area (Å²) in [5.74, 6) is -0.857. The third kappa shape index (κ3) is 1.91. The molecule has 2 saturated heterocycles. The third-order valence-corrected chi connectivity index (χ3v) is 4.37. The highest BCUT2D eigenvalue weighted by molar-refractivity contribution is 5.80. The molecule has 3 unspecified atom stereocenters. The average Bonchev–Trinajstić information content (AvgIpc) is 3.09. The summed E-state index contributed by atoms with van der Waals surface area (Å²) in [4.78, 5) is 3.78. The highest BCUT2D eigenvalue weighted by Crippen LogP contribution is 2.45. The van der Waals surface area contributed by atoms with Crippen molar-refractivity contribution in [3.63, 3.8) is 0 Å². The lowest BCUT2D eigenvalue weighted by Gasteiger charge is -2.23. The molecule has 21 heavy (non-hydrogen) atoms. The number of benzene rings is 1. The summed E-state index contributed by atoms with van der Waals surface area (Å²) in [7, 11) is 0. The quantitative estimate of drug-likeness (QED) is 0.823. The molecule has 2 N–H and O–H groups in total. The van der Waals surface area contributed by atoms with Crippen LogP contribution in [0.15, 0.2) is 18.2 Å². The number of imidazole rings is 1. The summed E-state index contributed by atoms with van der Waals surface area (Å²) in [6, 6.07) is 4.40. The number of alkyl halides is 3. The highest BCUT2D eigenvalue weighted by atomic mass is 19.4. The topological polar surface area (TPSA) is 53.1 Å². The lowest BCUT2D eigenvalue weighted by molar-refractivity contribution is -0.147. The second kappa shape index (κ2) is 4.13. The zero-order valence-electron chi connectivity index (χ0n) is 11.1. The lowest BCUT2D eigenvalue weighted by atomic mass is 9.95. The normalized spacial score (nSPS) is 28.6. The van der Waals surface area contributed by atoms with E-state index in [9.17, 15) is 13.2 Å². The number of halogens is 3. The van der Waals surface area contributed by atoms with Crippen molar-refractivity contribution in [3.8, 4) is 0 Å². The highest BCUT2D eigenvalue weighted by Gasteiger charge is 2.46. The molecule has 1 aromatic carbocycles. The first kappa shape index (κ1) is 12.9. The van der Waals surface area contributed by atoms with Gasteiger partial charge in [-0.2, -0.15) is 13.2 Å². The molecule has 2 aromatic rings. The van der Waals surface area contributed by atoms with E-state index in [2.05, 4.69) is 4.98 Å². The van der Waals surface area contributed by atoms with E-state index >= 15 is 0 Å². The summed E-state index contributed by atoms with van der Waals surface area (Å²) >= 11 is 0. The van der Waals surface area contributed by atoms with Gasteiger partial charge in [0.15, 0.2) is 0 Å². The van der Waals surface area contributed by atoms with Gasteiger partial charge in [-0.05, 0) is 37.5 Å². The Bertz CT molecular complexity index is 709. The lowest BCUT2D eigenvalue weighted by Crippen LogP contribution is -2.25. The molecule has 2 bridgehead atoms. The van der Waals surface area contributed by atoms with Gasteiger partial charge in [-0.15, -0.1) is 0 Å². The Hall–Kier alpha value is -1.76. The van der Waals surface area contributed by atoms with Gasteiger partial charge in [-0.3, -0.25) is 0 Å². The molecule has 0 aliphatic carbocycles. The Morgan fingerprint density at radius 2 is 2.10 bits per heavy atom. The van der Waals surface area contributed by atoms with Gasteiger partial charge in [0.25, 0.3) is 0 Å². The SMILES string of the molecule is Nc1ccc2c(c1)nc(C(F)(F)F)n2C1CC2CCC1O2. The predicted octanol–water partition coefficient (Wildman–Crippen LogP) is 3.13. The summed E-state index contributed by atoms with van der Waals surface area (Å²) in [6.07, 6.45) is -2.21. The molecule has 4 nitrogen and oxygen atoms in total. The van der Waals surface area contributed by atoms with Gasteiger partial charge in [0, 0.05) is 5.69 Å². The van der Waals surface area contributed by atoms with E-state index in [0.717, 1.165) is 12.8 Å². The van der Waals surface area contributed by atoms with Crippen molar-refractivity contribution in [1.29, 1.82) is 0 Å². The maximum atomic E-state index is 13.3. The van der Waals surface area contributed by atoms with Crippen LogP contribution < -0.4 is 5.73 Å². The zero-order chi connectivity index (χ0) is 14.8. The molecule has 2 aliphatic heterocycles. The van der Waals surface area contributed by atoms with Crippen LogP contribution in [0.5, 0.6) is 0 Å². The predicted molar refractivity (Wildman–Crippen MR) is 70.7 cm³/mol. The number of rotatable bonds is 1. The summed E-state index contributed by atoms with van der Waals surface area (Å²) in [5, 5.41) is 0. The van der Waals surface area contributed by atoms with E-state index in [4.69, 9.17) is 10.5 Å². The number of ether oxygens (including phenoxy) is 1. The van der Waals surface area contributed by atoms with Crippen LogP contribution in [0.1, 0.15) is 31.1 Å². The molecule has 0 radical (unpaired) electrons. The fourth-order valence-electron chi connectivity index (χ4n) is 3.53. The molecule has 0 amide bonds. The van der Waals surface area contributed by atoms with Crippen LogP contribution in [-0.2, 0) is 10.9 Å². The van der Waals surface area contributed by atoms with E-state index in [1.807, 2.05) is 0 Å². The number of nitrogens with two attached hydrogens (primary N) is 1. The van der Waals surface area contributed by atoms with E-state index in [1.165, 1.54) is 10.6 Å². The smallest absolute Gasteiger partial charge is 0.399 e. The van der Waals surface area contributed by atoms with Crippen LogP contribution in [0.4, 0.5) is 18.9 Å². The van der Waals surface area contributed by atoms with Crippen LogP contribution in [0.25, 0.3) is 11.0 Å². The molecule has 0 saturated carbocycles. The fourth-order valence-corrected chi connectivity index (χ4v) is 3.53. The molecule has 3 heterocycles. The van der Waals surface area contributed by atoms with Crippen molar-refractivity contribution in [2.75, 3.05) is 5.73 Å². The first-order valence-corrected chi connectivity index (χ1v) is 6.93. The molecule has 112 valence electrons. The largest absolute Gasteiger partial charge is 0.449 e. The molecular formula is C14H14F3N3O. The molecule has 2 fully saturated rings. The van der Waals surface area contributed by atoms with Gasteiger partial charge in [-0.1, -0.05) is 0 Å². The second-order valence-corrected chi connectivity index (χ2v) is 5.73. The van der Waals surface area contributed by atoms with Crippen molar-refractivity contribution in [2.24, 2.45) is 0 Å². The van der Waals surface area contributed by atoms with Crippen molar-refractivity contribution in [1.82, 2.24) is 9.55 Å². The minimum Gasteiger partial charge on any atom is -0.399 e. The molecule has 0 spiro atoms. The first-order chi connectivity index (χ1) is 9.93. The number of anilines is 1. The van der Waals surface area contributed by atoms with Crippen molar-refractivity contribution >= 4 is 16.7 Å². The van der Waals surface area contributed by atoms with Crippen molar-refractivity contribution in [2.45, 2.75) is 43.7 Å². The first-order valence-electron chi connectivity index (χ1n) is 6.93. The van der Waals surface area contributed by atoms with Crippen LogP contribution in [0.2, 0.25) is 0 Å². The molecule has 7 heteroatoms. The average molecular weight is 297 g/mol. The van der Waals surface area contributed by atoms with Crippen LogP contribution in [-0.4, -0.2) is 21.8 Å². The second-order valence-electron chi connectivity index (χ2n) is 5.73. The van der Waals surface area contributed by atoms with Crippen molar-refractivity contribution in [3.05, 3.63) is 24.0 Å². The van der Waals surface area contributed by atoms with Gasteiger partial charge in [0.2, 0.25) is 5.82 Å². The number of nitrogens with zero attached hydrogens (tertiary/aromatic N) is 2. The Labute approximate surface area is 118 Å². The van der Waals surface area contributed by atoms with Gasteiger partial charge in [-0.25, -0.2) is 4.98 Å². The molecule has 4 rings (SSSR count). The van der Waals surface area contributed by atoms with Crippen LogP contribution in [0.3, 0.4) is 0 Å². The summed E-state index contributed by atoms with van der Waals surface area (Å²) in [6.45, 7) is 0. The molecular weight excluding hydrogens is 283 g/mol. The number of hydrogen-bond acceptors (Lipinski definition) is 3. The maximum Gasteiger partial charge on any atom is 0.449 e. The Balaban J connectivity index is 1.92. The number of nitrogen functional groups attached to an aromatic ring is 1. The minimum atomic E-state index is -4.49. The standard InChI is InChI=1S/C14H14F3N3O/c15-14(16,17)13-19-9-5-7(18)1-3-10(9)20(13)11-6-8-2-4-12(11)21-8/h1,3,5,8,11-12H,2,4,6,18H2. The minimum absolute atomic E-state index is 0.0762. The van der Waals surface area contributed by atoms with Gasteiger partial charge >= 0.3 is 6.18 Å². The maximum absolute atomic E-state index is 13.3. The number of aromatic nitrogens is 2. The Kier molecular flexibility index (Phi) is 2.54. The van der Waals surface area contributed by atoms with E-state index in [1.54, 1.807) is 12.1 Å². The van der Waals surface area contributed by atoms with E-state index in [0.29, 0.717) is 17.6 Å². The van der Waals surface area contributed by atoms with Crippen LogP contribution >= 0.6 is 0 Å². The third-order valence-electron chi connectivity index (χ3n) is 4.37. The van der Waals surface area contributed by atoms with Crippen LogP contribution in [0, 0.1) is 0 Å². The number of fused-ring (bicyclic) bond motifs is 3. The monoisotopic (exact) mass is 297 g/mol. The van der Waals surface area contributed by atoms with Gasteiger partial charge in [0.05, 0.1) is 29.3 Å². The Morgan fingerprint density at radius 3 is 2.71 bits per heavy atom. The molecule has 2 aliphatic rings. The Morgan fingerprint density at radius 1 is 1.29 bits per heavy atom. The van der Waals surface area contributed by atoms with Crippen molar-refractivity contribution < 1.29 is 17.9 Å². The van der Waals surface area contributed by atoms with Gasteiger partial charge < -0.3 is 15.0 Å². The van der Waals surface area contributed by atoms with E-state index < -0.39 is 12.0 Å². The number of hydrogen-bond donors (Lipinski definition) is 1. The summed E-state index contributed by atoms with van der Waals surface area (Å²) in [5.41, 5.74) is 6.81. The van der Waals surface area contributed by atoms with E-state index in [-0.39, 0.29) is 23.8 Å². The molecule has 3 atom stereocenters. The van der Waals surface area contributed by atoms with Gasteiger partial charge in [0.1, 0.15) is 0 Å². The fraction of sp³-hybridized carbons (Fsp3) is 0.500. The summed E-state index contributed by atoms with van der Waals surface area (Å²) < 4.78 is 47.0. The zero-order valence-corrected chi connectivity index (χ0v) is 11.1. The molecule has 1 aromatic heterocycles.